The van der Waals surface area contributed by atoms with Crippen molar-refractivity contribution in [3.05, 3.63) is 47.3 Å². The Kier molecular flexibility index (Phi) is 4.33. The van der Waals surface area contributed by atoms with Crippen LogP contribution in [0.2, 0.25) is 0 Å². The summed E-state index contributed by atoms with van der Waals surface area (Å²) in [4.78, 5) is 0. The molecule has 0 fully saturated rings. The summed E-state index contributed by atoms with van der Waals surface area (Å²) >= 11 is 0. The van der Waals surface area contributed by atoms with Crippen molar-refractivity contribution < 1.29 is 4.39 Å². The van der Waals surface area contributed by atoms with Crippen molar-refractivity contribution >= 4 is 0 Å². The first-order chi connectivity index (χ1) is 6.76. The highest BCUT2D eigenvalue weighted by Gasteiger charge is 1.97. The summed E-state index contributed by atoms with van der Waals surface area (Å²) in [6, 6.07) is 8.25. The van der Waals surface area contributed by atoms with E-state index in [2.05, 4.69) is 25.1 Å². The van der Waals surface area contributed by atoms with E-state index < -0.39 is 0 Å². The molecular formula is C12H16FN. The van der Waals surface area contributed by atoms with Gasteiger partial charge in [0.2, 0.25) is 0 Å². The smallest absolute Gasteiger partial charge is 0.0871 e. The van der Waals surface area contributed by atoms with Crippen molar-refractivity contribution in [2.45, 2.75) is 19.8 Å². The van der Waals surface area contributed by atoms with Gasteiger partial charge >= 0.3 is 0 Å². The van der Waals surface area contributed by atoms with Crippen LogP contribution >= 0.6 is 0 Å². The minimum Gasteiger partial charge on any atom is -0.327 e. The number of hydrogen-bond acceptors (Lipinski definition) is 1. The molecule has 0 aliphatic rings. The summed E-state index contributed by atoms with van der Waals surface area (Å²) in [7, 11) is 0. The lowest BCUT2D eigenvalue weighted by Gasteiger charge is -2.03. The number of hydrogen-bond donors (Lipinski definition) is 1. The lowest BCUT2D eigenvalue weighted by atomic mass is 10.0. The summed E-state index contributed by atoms with van der Waals surface area (Å²) in [5.74, 6) is 0. The number of aryl methyl sites for hydroxylation is 2. The van der Waals surface area contributed by atoms with E-state index in [1.807, 2.05) is 6.07 Å². The minimum atomic E-state index is 0.308. The molecule has 0 aliphatic carbocycles. The van der Waals surface area contributed by atoms with Gasteiger partial charge in [0, 0.05) is 6.54 Å². The van der Waals surface area contributed by atoms with Crippen molar-refractivity contribution in [2.24, 2.45) is 5.73 Å². The Morgan fingerprint density at radius 3 is 2.86 bits per heavy atom. The van der Waals surface area contributed by atoms with E-state index in [1.165, 1.54) is 11.1 Å². The predicted molar refractivity (Wildman–Crippen MR) is 57.7 cm³/mol. The van der Waals surface area contributed by atoms with Crippen LogP contribution in [0.25, 0.3) is 0 Å². The molecule has 2 N–H and O–H groups in total. The van der Waals surface area contributed by atoms with Crippen LogP contribution in [0.1, 0.15) is 17.5 Å². The molecule has 1 aromatic rings. The molecule has 0 radical (unpaired) electrons. The first-order valence-electron chi connectivity index (χ1n) is 4.80. The fourth-order valence-corrected chi connectivity index (χ4v) is 1.37. The van der Waals surface area contributed by atoms with Crippen LogP contribution in [-0.4, -0.2) is 6.54 Å². The van der Waals surface area contributed by atoms with Crippen LogP contribution in [0.3, 0.4) is 0 Å². The molecular weight excluding hydrogens is 177 g/mol. The Bertz CT molecular complexity index is 318. The molecule has 0 unspecified atom stereocenters. The average molecular weight is 193 g/mol. The fraction of sp³-hybridized carbons (Fsp3) is 0.333. The summed E-state index contributed by atoms with van der Waals surface area (Å²) in [5, 5.41) is 0. The van der Waals surface area contributed by atoms with Gasteiger partial charge in [-0.2, -0.15) is 0 Å². The van der Waals surface area contributed by atoms with E-state index in [0.29, 0.717) is 24.9 Å². The van der Waals surface area contributed by atoms with E-state index in [9.17, 15) is 4.39 Å². The van der Waals surface area contributed by atoms with Crippen molar-refractivity contribution in [3.8, 4) is 0 Å². The van der Waals surface area contributed by atoms with Gasteiger partial charge < -0.3 is 5.73 Å². The second-order valence-electron chi connectivity index (χ2n) is 3.46. The van der Waals surface area contributed by atoms with E-state index in [4.69, 9.17) is 5.73 Å². The second-order valence-corrected chi connectivity index (χ2v) is 3.46. The molecule has 1 rings (SSSR count). The molecule has 1 aromatic carbocycles. The molecule has 0 heterocycles. The fourth-order valence-electron chi connectivity index (χ4n) is 1.37. The zero-order valence-corrected chi connectivity index (χ0v) is 8.46. The van der Waals surface area contributed by atoms with E-state index in [1.54, 1.807) is 0 Å². The van der Waals surface area contributed by atoms with Gasteiger partial charge in [0.25, 0.3) is 0 Å². The maximum Gasteiger partial charge on any atom is 0.0871 e. The van der Waals surface area contributed by atoms with Gasteiger partial charge in [0.15, 0.2) is 0 Å². The number of nitrogens with two attached hydrogens (primary N) is 1. The zero-order chi connectivity index (χ0) is 10.4. The highest BCUT2D eigenvalue weighted by atomic mass is 19.1. The standard InChI is InChI=1S/C12H16FN/c1-10-3-2-4-11(7-10)5-6-12(8-13)9-14/h2-4,7-8H,5-6,9,14H2,1H3. The molecule has 0 aromatic heterocycles. The van der Waals surface area contributed by atoms with Gasteiger partial charge in [-0.1, -0.05) is 29.8 Å². The van der Waals surface area contributed by atoms with Crippen LogP contribution < -0.4 is 5.73 Å². The Labute approximate surface area is 84.4 Å². The van der Waals surface area contributed by atoms with Gasteiger partial charge in [-0.15, -0.1) is 0 Å². The van der Waals surface area contributed by atoms with Crippen molar-refractivity contribution in [2.75, 3.05) is 6.54 Å². The maximum absolute atomic E-state index is 12.2. The topological polar surface area (TPSA) is 26.0 Å². The van der Waals surface area contributed by atoms with Crippen LogP contribution in [0.5, 0.6) is 0 Å². The Hall–Kier alpha value is -1.15. The Morgan fingerprint density at radius 2 is 2.29 bits per heavy atom. The van der Waals surface area contributed by atoms with Gasteiger partial charge in [-0.25, -0.2) is 4.39 Å². The monoisotopic (exact) mass is 193 g/mol. The predicted octanol–water partition coefficient (Wildman–Crippen LogP) is 2.74. The first kappa shape index (κ1) is 10.9. The summed E-state index contributed by atoms with van der Waals surface area (Å²) in [5.41, 5.74) is 8.51. The normalized spacial score (nSPS) is 11.8. The Morgan fingerprint density at radius 1 is 1.50 bits per heavy atom. The van der Waals surface area contributed by atoms with E-state index in [0.717, 1.165) is 6.42 Å². The Balaban J connectivity index is 2.53. The molecule has 0 bridgehead atoms. The quantitative estimate of drug-likeness (QED) is 0.781. The van der Waals surface area contributed by atoms with E-state index in [-0.39, 0.29) is 0 Å². The second kappa shape index (κ2) is 5.55. The summed E-state index contributed by atoms with van der Waals surface area (Å²) in [6.45, 7) is 2.36. The number of halogens is 1. The molecule has 0 amide bonds. The number of benzene rings is 1. The van der Waals surface area contributed by atoms with Gasteiger partial charge in [0.1, 0.15) is 0 Å². The molecule has 0 saturated carbocycles. The van der Waals surface area contributed by atoms with Crippen molar-refractivity contribution in [3.63, 3.8) is 0 Å². The highest BCUT2D eigenvalue weighted by Crippen LogP contribution is 2.10. The zero-order valence-electron chi connectivity index (χ0n) is 8.46. The third-order valence-corrected chi connectivity index (χ3v) is 2.23. The molecule has 0 spiro atoms. The molecule has 1 nitrogen and oxygen atoms in total. The lowest BCUT2D eigenvalue weighted by Crippen LogP contribution is -2.03. The van der Waals surface area contributed by atoms with Crippen LogP contribution in [-0.2, 0) is 6.42 Å². The summed E-state index contributed by atoms with van der Waals surface area (Å²) < 4.78 is 12.2. The van der Waals surface area contributed by atoms with Crippen LogP contribution in [0.15, 0.2) is 36.2 Å². The lowest BCUT2D eigenvalue weighted by molar-refractivity contribution is 0.692. The largest absolute Gasteiger partial charge is 0.327 e. The molecule has 0 saturated heterocycles. The van der Waals surface area contributed by atoms with Crippen molar-refractivity contribution in [1.29, 1.82) is 0 Å². The number of rotatable bonds is 4. The van der Waals surface area contributed by atoms with Gasteiger partial charge in [-0.3, -0.25) is 0 Å². The van der Waals surface area contributed by atoms with Crippen LogP contribution in [0.4, 0.5) is 4.39 Å². The molecule has 2 heteroatoms. The van der Waals surface area contributed by atoms with Gasteiger partial charge in [0.05, 0.1) is 6.33 Å². The third kappa shape index (κ3) is 3.30. The average Bonchev–Trinajstić information content (AvgIpc) is 2.19. The SMILES string of the molecule is Cc1cccc(CCC(=CF)CN)c1. The highest BCUT2D eigenvalue weighted by molar-refractivity contribution is 5.23. The maximum atomic E-state index is 12.2. The van der Waals surface area contributed by atoms with Gasteiger partial charge in [-0.05, 0) is 30.9 Å². The van der Waals surface area contributed by atoms with Crippen LogP contribution in [0, 0.1) is 6.92 Å². The summed E-state index contributed by atoms with van der Waals surface area (Å²) in [6.07, 6.45) is 2.18. The third-order valence-electron chi connectivity index (χ3n) is 2.23. The minimum absolute atomic E-state index is 0.308. The van der Waals surface area contributed by atoms with Crippen molar-refractivity contribution in [1.82, 2.24) is 0 Å². The molecule has 0 aliphatic heterocycles. The van der Waals surface area contributed by atoms with E-state index >= 15 is 0 Å². The first-order valence-corrected chi connectivity index (χ1v) is 4.80. The molecule has 14 heavy (non-hydrogen) atoms. The molecule has 0 atom stereocenters. The molecule has 76 valence electrons.